The van der Waals surface area contributed by atoms with Gasteiger partial charge in [-0.15, -0.1) is 0 Å². The van der Waals surface area contributed by atoms with E-state index in [9.17, 15) is 53.7 Å². The molecule has 324 valence electrons. The molecule has 2 fully saturated rings. The van der Waals surface area contributed by atoms with Crippen molar-refractivity contribution >= 4 is 72.6 Å². The second kappa shape index (κ2) is 24.3. The maximum atomic E-state index is 14.2. The maximum absolute atomic E-state index is 14.2. The van der Waals surface area contributed by atoms with Crippen molar-refractivity contribution in [3.05, 3.63) is 0 Å². The lowest BCUT2D eigenvalue weighted by Gasteiger charge is -2.35. The minimum atomic E-state index is -1.59. The highest BCUT2D eigenvalue weighted by Gasteiger charge is 2.45. The van der Waals surface area contributed by atoms with Crippen molar-refractivity contribution in [1.29, 1.82) is 0 Å². The fourth-order valence-electron chi connectivity index (χ4n) is 6.59. The van der Waals surface area contributed by atoms with E-state index >= 15 is 0 Å². The SMILES string of the molecule is CC[C@H](C)[C@H](NC(=O)[C@H](CO)NC(=O)[C@H](CCCCN)NC(=O)[C@@H](NC(=O)[C@@H](N)CS)[C@@H](C)O)C(=O)N1CCC[C@H]1C(=O)N1CCC[C@H]1C(=O)N[C@@H](CS)C(=O)O. The summed E-state index contributed by atoms with van der Waals surface area (Å²) in [7, 11) is 0. The second-order valence-electron chi connectivity index (χ2n) is 14.4. The molecule has 0 aromatic heterocycles. The lowest BCUT2D eigenvalue weighted by atomic mass is 9.96. The summed E-state index contributed by atoms with van der Waals surface area (Å²) in [5.74, 6) is -7.08. The molecule has 12 N–H and O–H groups in total. The van der Waals surface area contributed by atoms with E-state index in [0.29, 0.717) is 44.9 Å². The number of nitrogens with two attached hydrogens (primary N) is 2. The van der Waals surface area contributed by atoms with Crippen LogP contribution in [-0.2, 0) is 38.4 Å². The van der Waals surface area contributed by atoms with Gasteiger partial charge in [-0.3, -0.25) is 33.6 Å². The summed E-state index contributed by atoms with van der Waals surface area (Å²) in [5.41, 5.74) is 11.3. The fraction of sp³-hybridized carbons (Fsp3) is 0.771. The van der Waals surface area contributed by atoms with Crippen LogP contribution in [-0.4, -0.2) is 165 Å². The van der Waals surface area contributed by atoms with Crippen molar-refractivity contribution < 1.29 is 53.7 Å². The van der Waals surface area contributed by atoms with Gasteiger partial charge in [-0.1, -0.05) is 20.3 Å². The van der Waals surface area contributed by atoms with Crippen molar-refractivity contribution in [2.45, 2.75) is 127 Å². The highest BCUT2D eigenvalue weighted by atomic mass is 32.1. The summed E-state index contributed by atoms with van der Waals surface area (Å²) in [4.78, 5) is 108. The normalized spacial score (nSPS) is 20.9. The third kappa shape index (κ3) is 14.0. The van der Waals surface area contributed by atoms with Crippen LogP contribution < -0.4 is 38.1 Å². The van der Waals surface area contributed by atoms with E-state index in [0.717, 1.165) is 0 Å². The highest BCUT2D eigenvalue weighted by molar-refractivity contribution is 7.80. The molecule has 2 saturated heterocycles. The van der Waals surface area contributed by atoms with Crippen LogP contribution in [0.5, 0.6) is 0 Å². The topological polar surface area (TPSA) is 316 Å². The van der Waals surface area contributed by atoms with Gasteiger partial charge >= 0.3 is 5.97 Å². The molecule has 2 aliphatic heterocycles. The summed E-state index contributed by atoms with van der Waals surface area (Å²) in [6.07, 6.45) is 1.45. The molecule has 10 atom stereocenters. The molecule has 0 bridgehead atoms. The summed E-state index contributed by atoms with van der Waals surface area (Å²) < 4.78 is 0. The highest BCUT2D eigenvalue weighted by Crippen LogP contribution is 2.27. The van der Waals surface area contributed by atoms with Crippen molar-refractivity contribution in [2.24, 2.45) is 17.4 Å². The Morgan fingerprint density at radius 1 is 0.754 bits per heavy atom. The minimum Gasteiger partial charge on any atom is -0.480 e. The molecule has 0 aliphatic carbocycles. The molecule has 0 radical (unpaired) electrons. The van der Waals surface area contributed by atoms with Gasteiger partial charge in [0.2, 0.25) is 41.4 Å². The van der Waals surface area contributed by atoms with Gasteiger partial charge in [-0.05, 0) is 64.3 Å². The molecule has 0 aromatic rings. The third-order valence-electron chi connectivity index (χ3n) is 10.2. The number of carbonyl (C=O) groups excluding carboxylic acids is 7. The van der Waals surface area contributed by atoms with Crippen LogP contribution in [0.3, 0.4) is 0 Å². The lowest BCUT2D eigenvalue weighted by molar-refractivity contribution is -0.149. The molecule has 2 heterocycles. The maximum Gasteiger partial charge on any atom is 0.327 e. The van der Waals surface area contributed by atoms with Gasteiger partial charge in [-0.25, -0.2) is 4.79 Å². The first-order valence-corrected chi connectivity index (χ1v) is 20.6. The van der Waals surface area contributed by atoms with Crippen molar-refractivity contribution in [2.75, 3.05) is 37.7 Å². The number of nitrogens with one attached hydrogen (secondary N) is 5. The number of aliphatic carboxylic acids is 1. The number of amides is 7. The van der Waals surface area contributed by atoms with E-state index in [-0.39, 0.29) is 37.6 Å². The van der Waals surface area contributed by atoms with Crippen LogP contribution in [0.15, 0.2) is 0 Å². The van der Waals surface area contributed by atoms with Crippen LogP contribution in [0.4, 0.5) is 0 Å². The van der Waals surface area contributed by atoms with E-state index in [2.05, 4.69) is 51.8 Å². The van der Waals surface area contributed by atoms with Crippen LogP contribution in [0, 0.1) is 5.92 Å². The Balaban J connectivity index is 2.24. The number of hydrogen-bond acceptors (Lipinski definition) is 14. The monoisotopic (exact) mass is 847 g/mol. The zero-order valence-electron chi connectivity index (χ0n) is 32.7. The van der Waals surface area contributed by atoms with Gasteiger partial charge in [0.1, 0.15) is 42.3 Å². The molecular weight excluding hydrogens is 787 g/mol. The first kappa shape index (κ1) is 49.4. The minimum absolute atomic E-state index is 0.0385. The third-order valence-corrected chi connectivity index (χ3v) is 11.0. The van der Waals surface area contributed by atoms with Crippen molar-refractivity contribution in [3.63, 3.8) is 0 Å². The summed E-state index contributed by atoms with van der Waals surface area (Å²) in [5, 5.41) is 42.1. The number of rotatable bonds is 23. The van der Waals surface area contributed by atoms with Crippen LogP contribution in [0.2, 0.25) is 0 Å². The summed E-state index contributed by atoms with van der Waals surface area (Å²) in [6, 6.07) is -9.78. The van der Waals surface area contributed by atoms with Crippen molar-refractivity contribution in [1.82, 2.24) is 36.4 Å². The zero-order chi connectivity index (χ0) is 43.0. The van der Waals surface area contributed by atoms with E-state index in [4.69, 9.17) is 11.5 Å². The Kier molecular flexibility index (Phi) is 21.1. The smallest absolute Gasteiger partial charge is 0.327 e. The van der Waals surface area contributed by atoms with Crippen LogP contribution in [0.1, 0.15) is 72.1 Å². The second-order valence-corrected chi connectivity index (χ2v) is 15.2. The average Bonchev–Trinajstić information content (AvgIpc) is 3.89. The fourth-order valence-corrected chi connectivity index (χ4v) is 7.00. The van der Waals surface area contributed by atoms with Gasteiger partial charge in [0.25, 0.3) is 0 Å². The molecule has 20 nitrogen and oxygen atoms in total. The van der Waals surface area contributed by atoms with E-state index in [1.165, 1.54) is 16.7 Å². The first-order chi connectivity index (χ1) is 27.0. The Morgan fingerprint density at radius 2 is 1.33 bits per heavy atom. The number of aliphatic hydroxyl groups is 2. The molecule has 22 heteroatoms. The molecule has 0 unspecified atom stereocenters. The van der Waals surface area contributed by atoms with Gasteiger partial charge < -0.3 is 63.2 Å². The standard InChI is InChI=1S/C35H61N9O11S2/c1-4-18(2)26(34(53)44-14-8-11-25(44)33(52)43-13-7-10-24(43)31(50)40-23(17-57)35(54)55)41-30(49)22(15-45)39-29(48)21(9-5-6-12-36)38-32(51)27(19(3)46)42-28(47)20(37)16-56/h18-27,45-46,56-57H,4-17,36-37H2,1-3H3,(H,38,51)(H,39,48)(H,40,50)(H,41,49)(H,42,47)(H,54,55)/t18-,19+,20-,21-,22-,23-,24-,25-,26-,27-/m0/s1. The number of carboxylic acids is 1. The molecular formula is C35H61N9O11S2. The number of unbranched alkanes of at least 4 members (excludes halogenated alkanes) is 1. The average molecular weight is 848 g/mol. The van der Waals surface area contributed by atoms with E-state index < -0.39 is 114 Å². The zero-order valence-corrected chi connectivity index (χ0v) is 34.5. The predicted molar refractivity (Wildman–Crippen MR) is 214 cm³/mol. The van der Waals surface area contributed by atoms with Gasteiger partial charge in [-0.2, -0.15) is 25.3 Å². The number of aliphatic hydroxyl groups excluding tert-OH is 2. The molecule has 57 heavy (non-hydrogen) atoms. The predicted octanol–water partition coefficient (Wildman–Crippen LogP) is -3.79. The first-order valence-electron chi connectivity index (χ1n) is 19.3. The summed E-state index contributed by atoms with van der Waals surface area (Å²) in [6.45, 7) is 4.56. The Bertz CT molecular complexity index is 1430. The van der Waals surface area contributed by atoms with Gasteiger partial charge in [0, 0.05) is 24.6 Å². The van der Waals surface area contributed by atoms with Gasteiger partial charge in [0.15, 0.2) is 0 Å². The molecule has 2 aliphatic rings. The lowest BCUT2D eigenvalue weighted by Crippen LogP contribution is -2.62. The number of thiol groups is 2. The van der Waals surface area contributed by atoms with Crippen LogP contribution >= 0.6 is 25.3 Å². The Morgan fingerprint density at radius 3 is 1.88 bits per heavy atom. The van der Waals surface area contributed by atoms with E-state index in [1.807, 2.05) is 0 Å². The van der Waals surface area contributed by atoms with E-state index in [1.54, 1.807) is 13.8 Å². The number of nitrogens with zero attached hydrogens (tertiary/aromatic N) is 2. The van der Waals surface area contributed by atoms with Gasteiger partial charge in [0.05, 0.1) is 18.8 Å². The number of carbonyl (C=O) groups is 8. The molecule has 0 spiro atoms. The van der Waals surface area contributed by atoms with Crippen LogP contribution in [0.25, 0.3) is 0 Å². The quantitative estimate of drug-likeness (QED) is 0.0348. The molecule has 0 aromatic carbocycles. The summed E-state index contributed by atoms with van der Waals surface area (Å²) >= 11 is 7.94. The number of hydrogen-bond donors (Lipinski definition) is 12. The molecule has 7 amide bonds. The molecule has 2 rings (SSSR count). The van der Waals surface area contributed by atoms with Crippen molar-refractivity contribution in [3.8, 4) is 0 Å². The Hall–Kier alpha value is -3.70. The Labute approximate surface area is 343 Å². The number of carboxylic acid groups (broad SMARTS) is 1. The largest absolute Gasteiger partial charge is 0.480 e. The number of likely N-dealkylation sites (tertiary alicyclic amines) is 2. The molecule has 0 saturated carbocycles.